The smallest absolute Gasteiger partial charge is 0.0701 e. The highest BCUT2D eigenvalue weighted by molar-refractivity contribution is 9.11. The number of benzene rings is 1. The summed E-state index contributed by atoms with van der Waals surface area (Å²) in [5.41, 5.74) is 3.22. The van der Waals surface area contributed by atoms with E-state index in [2.05, 4.69) is 32.7 Å². The average molecular weight is 298 g/mol. The van der Waals surface area contributed by atoms with E-state index in [1.165, 1.54) is 5.56 Å². The topological polar surface area (TPSA) is 32.3 Å². The summed E-state index contributed by atoms with van der Waals surface area (Å²) in [5.74, 6) is 0. The molecule has 0 saturated heterocycles. The van der Waals surface area contributed by atoms with Crippen molar-refractivity contribution in [3.05, 3.63) is 50.6 Å². The highest BCUT2D eigenvalue weighted by atomic mass is 79.9. The maximum atomic E-state index is 9.02. The van der Waals surface area contributed by atoms with Gasteiger partial charge in [-0.15, -0.1) is 11.3 Å². The van der Waals surface area contributed by atoms with E-state index < -0.39 is 0 Å². The lowest BCUT2D eigenvalue weighted by atomic mass is 10.2. The van der Waals surface area contributed by atoms with Gasteiger partial charge in [0.15, 0.2) is 0 Å². The third-order valence-corrected chi connectivity index (χ3v) is 3.78. The first kappa shape index (κ1) is 11.6. The molecule has 2 aromatic rings. The summed E-state index contributed by atoms with van der Waals surface area (Å²) >= 11 is 5.12. The first-order chi connectivity index (χ1) is 7.78. The van der Waals surface area contributed by atoms with E-state index in [-0.39, 0.29) is 6.61 Å². The molecule has 2 N–H and O–H groups in total. The number of halogens is 1. The van der Waals surface area contributed by atoms with E-state index in [4.69, 9.17) is 5.11 Å². The summed E-state index contributed by atoms with van der Waals surface area (Å²) < 4.78 is 1.15. The van der Waals surface area contributed by atoms with Gasteiger partial charge in [-0.3, -0.25) is 0 Å². The van der Waals surface area contributed by atoms with Crippen LogP contribution in [0.3, 0.4) is 0 Å². The number of hydrogen-bond donors (Lipinski definition) is 2. The third kappa shape index (κ3) is 3.07. The van der Waals surface area contributed by atoms with Gasteiger partial charge in [0.25, 0.3) is 0 Å². The minimum absolute atomic E-state index is 0.0829. The molecule has 0 aliphatic rings. The summed E-state index contributed by atoms with van der Waals surface area (Å²) in [6, 6.07) is 9.92. The van der Waals surface area contributed by atoms with Crippen LogP contribution in [0.1, 0.15) is 11.1 Å². The zero-order chi connectivity index (χ0) is 11.4. The van der Waals surface area contributed by atoms with Gasteiger partial charge in [0, 0.05) is 12.2 Å². The van der Waals surface area contributed by atoms with Crippen molar-refractivity contribution in [3.63, 3.8) is 0 Å². The van der Waals surface area contributed by atoms with Gasteiger partial charge in [-0.2, -0.15) is 0 Å². The van der Waals surface area contributed by atoms with Crippen molar-refractivity contribution in [1.29, 1.82) is 0 Å². The Bertz CT molecular complexity index is 470. The van der Waals surface area contributed by atoms with Crippen molar-refractivity contribution in [2.75, 3.05) is 5.32 Å². The maximum Gasteiger partial charge on any atom is 0.0701 e. The molecule has 0 fully saturated rings. The molecule has 0 atom stereocenters. The van der Waals surface area contributed by atoms with Crippen molar-refractivity contribution >= 4 is 33.0 Å². The van der Waals surface area contributed by atoms with Crippen molar-refractivity contribution in [1.82, 2.24) is 0 Å². The van der Waals surface area contributed by atoms with E-state index in [1.807, 2.05) is 24.3 Å². The minimum atomic E-state index is 0.0829. The Hall–Kier alpha value is -0.840. The Morgan fingerprint density at radius 2 is 2.12 bits per heavy atom. The molecule has 0 aliphatic heterocycles. The largest absolute Gasteiger partial charge is 0.392 e. The second-order valence-corrected chi connectivity index (χ2v) is 5.76. The molecule has 1 aromatic heterocycles. The van der Waals surface area contributed by atoms with Crippen LogP contribution < -0.4 is 5.32 Å². The van der Waals surface area contributed by atoms with Crippen molar-refractivity contribution in [2.45, 2.75) is 13.2 Å². The molecule has 16 heavy (non-hydrogen) atoms. The van der Waals surface area contributed by atoms with Crippen LogP contribution in [0.5, 0.6) is 0 Å². The van der Waals surface area contributed by atoms with Crippen LogP contribution in [0.4, 0.5) is 5.69 Å². The number of rotatable bonds is 4. The van der Waals surface area contributed by atoms with Crippen LogP contribution >= 0.6 is 27.3 Å². The molecule has 0 bridgehead atoms. The van der Waals surface area contributed by atoms with Gasteiger partial charge in [0.05, 0.1) is 10.4 Å². The molecule has 0 unspecified atom stereocenters. The zero-order valence-corrected chi connectivity index (χ0v) is 11.0. The van der Waals surface area contributed by atoms with Crippen LogP contribution in [-0.2, 0) is 13.2 Å². The monoisotopic (exact) mass is 297 g/mol. The molecule has 4 heteroatoms. The van der Waals surface area contributed by atoms with Gasteiger partial charge in [-0.25, -0.2) is 0 Å². The Morgan fingerprint density at radius 3 is 2.81 bits per heavy atom. The Labute approximate surface area is 107 Å². The van der Waals surface area contributed by atoms with E-state index >= 15 is 0 Å². The van der Waals surface area contributed by atoms with E-state index in [0.29, 0.717) is 0 Å². The second kappa shape index (κ2) is 5.48. The molecule has 0 saturated carbocycles. The van der Waals surface area contributed by atoms with Crippen LogP contribution in [0.15, 0.2) is 39.5 Å². The fourth-order valence-corrected chi connectivity index (χ4v) is 2.63. The molecule has 84 valence electrons. The number of anilines is 1. The highest BCUT2D eigenvalue weighted by Crippen LogP contribution is 2.21. The van der Waals surface area contributed by atoms with Crippen molar-refractivity contribution in [3.8, 4) is 0 Å². The normalized spacial score (nSPS) is 10.4. The zero-order valence-electron chi connectivity index (χ0n) is 8.61. The fourth-order valence-electron chi connectivity index (χ4n) is 1.42. The van der Waals surface area contributed by atoms with Crippen molar-refractivity contribution < 1.29 is 5.11 Å². The second-order valence-electron chi connectivity index (χ2n) is 3.47. The summed E-state index contributed by atoms with van der Waals surface area (Å²) in [7, 11) is 0. The van der Waals surface area contributed by atoms with Crippen molar-refractivity contribution in [2.24, 2.45) is 0 Å². The minimum Gasteiger partial charge on any atom is -0.392 e. The lowest BCUT2D eigenvalue weighted by molar-refractivity contribution is 0.282. The Kier molecular flexibility index (Phi) is 3.98. The number of aliphatic hydroxyl groups excluding tert-OH is 1. The van der Waals surface area contributed by atoms with Crippen LogP contribution in [0.25, 0.3) is 0 Å². The standard InChI is InChI=1S/C12H12BrNOS/c13-12-5-10(8-16-12)6-14-11-3-1-2-9(4-11)7-15/h1-5,8,14-15H,6-7H2. The molecule has 2 nitrogen and oxygen atoms in total. The molecule has 0 spiro atoms. The van der Waals surface area contributed by atoms with Gasteiger partial charge in [-0.05, 0) is 50.6 Å². The average Bonchev–Trinajstić information content (AvgIpc) is 2.73. The maximum absolute atomic E-state index is 9.02. The molecular weight excluding hydrogens is 286 g/mol. The molecule has 0 aliphatic carbocycles. The number of hydrogen-bond acceptors (Lipinski definition) is 3. The van der Waals surface area contributed by atoms with Gasteiger partial charge < -0.3 is 10.4 Å². The number of aliphatic hydroxyl groups is 1. The summed E-state index contributed by atoms with van der Waals surface area (Å²) in [6.07, 6.45) is 0. The lowest BCUT2D eigenvalue weighted by Gasteiger charge is -2.06. The number of thiophene rings is 1. The van der Waals surface area contributed by atoms with Gasteiger partial charge in [-0.1, -0.05) is 12.1 Å². The van der Waals surface area contributed by atoms with Crippen LogP contribution in [-0.4, -0.2) is 5.11 Å². The SMILES string of the molecule is OCc1cccc(NCc2csc(Br)c2)c1. The van der Waals surface area contributed by atoms with Gasteiger partial charge in [0.2, 0.25) is 0 Å². The van der Waals surface area contributed by atoms with E-state index in [1.54, 1.807) is 11.3 Å². The van der Waals surface area contributed by atoms with E-state index in [0.717, 1.165) is 21.6 Å². The first-order valence-electron chi connectivity index (χ1n) is 4.94. The first-order valence-corrected chi connectivity index (χ1v) is 6.62. The molecule has 1 aromatic carbocycles. The highest BCUT2D eigenvalue weighted by Gasteiger charge is 1.98. The molecule has 0 amide bonds. The quantitative estimate of drug-likeness (QED) is 0.903. The Balaban J connectivity index is 1.99. The van der Waals surface area contributed by atoms with Gasteiger partial charge >= 0.3 is 0 Å². The fraction of sp³-hybridized carbons (Fsp3) is 0.167. The van der Waals surface area contributed by atoms with E-state index in [9.17, 15) is 0 Å². The number of nitrogens with one attached hydrogen (secondary N) is 1. The summed E-state index contributed by atoms with van der Waals surface area (Å²) in [4.78, 5) is 0. The Morgan fingerprint density at radius 1 is 1.25 bits per heavy atom. The van der Waals surface area contributed by atoms with Gasteiger partial charge in [0.1, 0.15) is 0 Å². The summed E-state index contributed by atoms with van der Waals surface area (Å²) in [6.45, 7) is 0.885. The molecular formula is C12H12BrNOS. The summed E-state index contributed by atoms with van der Waals surface area (Å²) in [5, 5.41) is 14.5. The predicted octanol–water partition coefficient (Wildman–Crippen LogP) is 3.62. The lowest BCUT2D eigenvalue weighted by Crippen LogP contribution is -1.98. The third-order valence-electron chi connectivity index (χ3n) is 2.23. The molecule has 1 heterocycles. The predicted molar refractivity (Wildman–Crippen MR) is 71.7 cm³/mol. The van der Waals surface area contributed by atoms with Crippen LogP contribution in [0.2, 0.25) is 0 Å². The molecule has 2 rings (SSSR count). The molecule has 0 radical (unpaired) electrons. The van der Waals surface area contributed by atoms with Crippen LogP contribution in [0, 0.1) is 0 Å².